The van der Waals surface area contributed by atoms with Gasteiger partial charge < -0.3 is 14.6 Å². The van der Waals surface area contributed by atoms with E-state index in [2.05, 4.69) is 0 Å². The molecule has 0 bridgehead atoms. The molecular weight excluding hydrogens is 220 g/mol. The average molecular weight is 236 g/mol. The molecule has 0 heterocycles. The molecule has 4 nitrogen and oxygen atoms in total. The number of carbonyl (C=O) groups is 2. The van der Waals surface area contributed by atoms with Gasteiger partial charge in [0.15, 0.2) is 0 Å². The summed E-state index contributed by atoms with van der Waals surface area (Å²) in [5.74, 6) is -0.399. The highest BCUT2D eigenvalue weighted by molar-refractivity contribution is 5.89. The fourth-order valence-corrected chi connectivity index (χ4v) is 1.57. The summed E-state index contributed by atoms with van der Waals surface area (Å²) in [7, 11) is 0. The topological polar surface area (TPSA) is 63.6 Å². The molecule has 0 aliphatic heterocycles. The van der Waals surface area contributed by atoms with Crippen LogP contribution in [0.15, 0.2) is 18.2 Å². The number of esters is 1. The van der Waals surface area contributed by atoms with Crippen LogP contribution in [-0.2, 0) is 22.6 Å². The molecule has 4 heteroatoms. The molecular formula is C13H16O4. The molecule has 0 fully saturated rings. The maximum atomic E-state index is 11.5. The molecule has 0 aliphatic carbocycles. The Morgan fingerprint density at radius 2 is 2.18 bits per heavy atom. The number of hydrogen-bond donors (Lipinski definition) is 1. The Kier molecular flexibility index (Phi) is 5.36. The summed E-state index contributed by atoms with van der Waals surface area (Å²) >= 11 is 0. The van der Waals surface area contributed by atoms with Gasteiger partial charge in [-0.15, -0.1) is 0 Å². The van der Waals surface area contributed by atoms with Gasteiger partial charge in [-0.25, -0.2) is 4.79 Å². The third kappa shape index (κ3) is 3.67. The molecule has 0 saturated carbocycles. The van der Waals surface area contributed by atoms with E-state index in [0.717, 1.165) is 11.8 Å². The minimum Gasteiger partial charge on any atom is -0.462 e. The first-order valence-electron chi connectivity index (χ1n) is 5.56. The number of rotatable bonds is 6. The minimum absolute atomic E-state index is 0.151. The Balaban J connectivity index is 2.91. The molecule has 0 atom stereocenters. The van der Waals surface area contributed by atoms with Crippen molar-refractivity contribution >= 4 is 12.3 Å². The molecule has 1 aromatic carbocycles. The van der Waals surface area contributed by atoms with Crippen LogP contribution in [0.2, 0.25) is 0 Å². The lowest BCUT2D eigenvalue weighted by molar-refractivity contribution is -0.107. The van der Waals surface area contributed by atoms with Gasteiger partial charge in [-0.2, -0.15) is 0 Å². The third-order valence-corrected chi connectivity index (χ3v) is 2.42. The first-order valence-corrected chi connectivity index (χ1v) is 5.56. The van der Waals surface area contributed by atoms with Crippen LogP contribution in [0.25, 0.3) is 0 Å². The van der Waals surface area contributed by atoms with Crippen LogP contribution in [0, 0.1) is 0 Å². The Hall–Kier alpha value is -1.68. The van der Waals surface area contributed by atoms with E-state index in [1.807, 2.05) is 0 Å². The summed E-state index contributed by atoms with van der Waals surface area (Å²) in [5, 5.41) is 9.21. The summed E-state index contributed by atoms with van der Waals surface area (Å²) in [6.45, 7) is 1.91. The van der Waals surface area contributed by atoms with E-state index in [1.54, 1.807) is 25.1 Å². The van der Waals surface area contributed by atoms with Crippen LogP contribution in [0.3, 0.4) is 0 Å². The zero-order valence-corrected chi connectivity index (χ0v) is 9.81. The number of carbonyl (C=O) groups excluding carboxylic acids is 2. The van der Waals surface area contributed by atoms with E-state index < -0.39 is 5.97 Å². The lowest BCUT2D eigenvalue weighted by atomic mass is 10.0. The monoisotopic (exact) mass is 236 g/mol. The first kappa shape index (κ1) is 13.4. The third-order valence-electron chi connectivity index (χ3n) is 2.42. The molecule has 0 amide bonds. The predicted molar refractivity (Wildman–Crippen MR) is 62.7 cm³/mol. The van der Waals surface area contributed by atoms with Crippen LogP contribution in [0.4, 0.5) is 0 Å². The summed E-state index contributed by atoms with van der Waals surface area (Å²) < 4.78 is 4.87. The van der Waals surface area contributed by atoms with Gasteiger partial charge in [0.1, 0.15) is 6.29 Å². The fourth-order valence-electron chi connectivity index (χ4n) is 1.57. The molecule has 0 saturated heterocycles. The largest absolute Gasteiger partial charge is 0.462 e. The number of ether oxygens (including phenoxy) is 1. The second kappa shape index (κ2) is 6.81. The minimum atomic E-state index is -0.399. The number of hydrogen-bond acceptors (Lipinski definition) is 4. The number of benzene rings is 1. The van der Waals surface area contributed by atoms with Gasteiger partial charge in [0.05, 0.1) is 18.8 Å². The second-order valence-corrected chi connectivity index (χ2v) is 3.57. The zero-order chi connectivity index (χ0) is 12.7. The zero-order valence-electron chi connectivity index (χ0n) is 9.81. The van der Waals surface area contributed by atoms with Gasteiger partial charge in [0.2, 0.25) is 0 Å². The Labute approximate surface area is 100 Å². The van der Waals surface area contributed by atoms with Crippen molar-refractivity contribution in [2.45, 2.75) is 26.4 Å². The normalized spacial score (nSPS) is 10.0. The first-order chi connectivity index (χ1) is 8.22. The smallest absolute Gasteiger partial charge is 0.338 e. The van der Waals surface area contributed by atoms with Gasteiger partial charge in [0, 0.05) is 6.42 Å². The molecule has 92 valence electrons. The molecule has 0 aromatic heterocycles. The number of aliphatic hydroxyl groups excluding tert-OH is 1. The van der Waals surface area contributed by atoms with E-state index >= 15 is 0 Å². The SMILES string of the molecule is CCOC(=O)c1ccc(CCC=O)c(CO)c1. The summed E-state index contributed by atoms with van der Waals surface area (Å²) in [6.07, 6.45) is 1.81. The summed E-state index contributed by atoms with van der Waals surface area (Å²) in [4.78, 5) is 21.8. The molecule has 0 spiro atoms. The second-order valence-electron chi connectivity index (χ2n) is 3.57. The molecule has 1 aromatic rings. The lowest BCUT2D eigenvalue weighted by Gasteiger charge is -2.08. The maximum absolute atomic E-state index is 11.5. The van der Waals surface area contributed by atoms with Gasteiger partial charge in [-0.1, -0.05) is 6.07 Å². The van der Waals surface area contributed by atoms with Crippen LogP contribution < -0.4 is 0 Å². The van der Waals surface area contributed by atoms with Crippen molar-refractivity contribution in [1.29, 1.82) is 0 Å². The molecule has 1 rings (SSSR count). The molecule has 1 N–H and O–H groups in total. The van der Waals surface area contributed by atoms with Crippen molar-refractivity contribution in [2.24, 2.45) is 0 Å². The molecule has 17 heavy (non-hydrogen) atoms. The van der Waals surface area contributed by atoms with Crippen molar-refractivity contribution in [2.75, 3.05) is 6.61 Å². The van der Waals surface area contributed by atoms with Crippen LogP contribution in [-0.4, -0.2) is 24.0 Å². The van der Waals surface area contributed by atoms with Gasteiger partial charge in [-0.3, -0.25) is 0 Å². The van der Waals surface area contributed by atoms with Crippen LogP contribution in [0.5, 0.6) is 0 Å². The van der Waals surface area contributed by atoms with E-state index in [0.29, 0.717) is 30.6 Å². The molecule has 0 radical (unpaired) electrons. The number of aldehydes is 1. The summed E-state index contributed by atoms with van der Waals surface area (Å²) in [5.41, 5.74) is 1.97. The van der Waals surface area contributed by atoms with Crippen molar-refractivity contribution < 1.29 is 19.4 Å². The van der Waals surface area contributed by atoms with E-state index in [4.69, 9.17) is 4.74 Å². The van der Waals surface area contributed by atoms with Crippen molar-refractivity contribution in [3.8, 4) is 0 Å². The standard InChI is InChI=1S/C13H16O4/c1-2-17-13(16)11-6-5-10(4-3-7-14)12(8-11)9-15/h5-8,15H,2-4,9H2,1H3. The van der Waals surface area contributed by atoms with Crippen LogP contribution >= 0.6 is 0 Å². The van der Waals surface area contributed by atoms with E-state index in [9.17, 15) is 14.7 Å². The van der Waals surface area contributed by atoms with Crippen LogP contribution in [0.1, 0.15) is 34.8 Å². The Morgan fingerprint density at radius 3 is 2.76 bits per heavy atom. The molecule has 0 aliphatic rings. The average Bonchev–Trinajstić information content (AvgIpc) is 2.36. The van der Waals surface area contributed by atoms with E-state index in [1.165, 1.54) is 0 Å². The fraction of sp³-hybridized carbons (Fsp3) is 0.385. The van der Waals surface area contributed by atoms with Crippen molar-refractivity contribution in [3.63, 3.8) is 0 Å². The highest BCUT2D eigenvalue weighted by Crippen LogP contribution is 2.15. The van der Waals surface area contributed by atoms with Crippen molar-refractivity contribution in [3.05, 3.63) is 34.9 Å². The summed E-state index contributed by atoms with van der Waals surface area (Å²) in [6, 6.07) is 5.01. The number of aliphatic hydroxyl groups is 1. The Bertz CT molecular complexity index is 398. The predicted octanol–water partition coefficient (Wildman–Crippen LogP) is 1.49. The quantitative estimate of drug-likeness (QED) is 0.600. The highest BCUT2D eigenvalue weighted by Gasteiger charge is 2.09. The van der Waals surface area contributed by atoms with Crippen molar-refractivity contribution in [1.82, 2.24) is 0 Å². The van der Waals surface area contributed by atoms with Gasteiger partial charge in [-0.05, 0) is 36.6 Å². The Morgan fingerprint density at radius 1 is 1.41 bits per heavy atom. The highest BCUT2D eigenvalue weighted by atomic mass is 16.5. The molecule has 0 unspecified atom stereocenters. The number of aryl methyl sites for hydroxylation is 1. The van der Waals surface area contributed by atoms with E-state index in [-0.39, 0.29) is 6.61 Å². The lowest BCUT2D eigenvalue weighted by Crippen LogP contribution is -2.06. The maximum Gasteiger partial charge on any atom is 0.338 e. The van der Waals surface area contributed by atoms with Gasteiger partial charge >= 0.3 is 5.97 Å². The van der Waals surface area contributed by atoms with Gasteiger partial charge in [0.25, 0.3) is 0 Å².